The number of fused-ring (bicyclic) bond motifs is 1. The van der Waals surface area contributed by atoms with Gasteiger partial charge in [-0.25, -0.2) is 4.98 Å². The Morgan fingerprint density at radius 2 is 1.61 bits per heavy atom. The molecular formula is C27H28N2O2. The Kier molecular flexibility index (Phi) is 6.46. The van der Waals surface area contributed by atoms with E-state index in [9.17, 15) is 9.90 Å². The molecule has 158 valence electrons. The molecule has 3 aromatic carbocycles. The number of benzene rings is 3. The second-order valence-corrected chi connectivity index (χ2v) is 8.03. The average molecular weight is 413 g/mol. The first-order valence-electron chi connectivity index (χ1n) is 11.0. The quantitative estimate of drug-likeness (QED) is 0.376. The molecule has 0 amide bonds. The van der Waals surface area contributed by atoms with Gasteiger partial charge in [-0.1, -0.05) is 80.1 Å². The van der Waals surface area contributed by atoms with E-state index in [4.69, 9.17) is 4.98 Å². The highest BCUT2D eigenvalue weighted by Gasteiger charge is 2.20. The lowest BCUT2D eigenvalue weighted by Gasteiger charge is -2.14. The molecule has 0 aliphatic rings. The van der Waals surface area contributed by atoms with E-state index in [-0.39, 0.29) is 0 Å². The summed E-state index contributed by atoms with van der Waals surface area (Å²) in [7, 11) is 0. The molecule has 0 fully saturated rings. The van der Waals surface area contributed by atoms with E-state index in [0.717, 1.165) is 53.8 Å². The molecular weight excluding hydrogens is 384 g/mol. The number of carboxylic acids is 1. The van der Waals surface area contributed by atoms with Crippen LogP contribution in [0.3, 0.4) is 0 Å². The predicted molar refractivity (Wildman–Crippen MR) is 124 cm³/mol. The number of nitrogens with zero attached hydrogens (tertiary/aromatic N) is 2. The third kappa shape index (κ3) is 4.85. The monoisotopic (exact) mass is 412 g/mol. The van der Waals surface area contributed by atoms with Crippen LogP contribution in [0.2, 0.25) is 0 Å². The number of para-hydroxylation sites is 2. The van der Waals surface area contributed by atoms with Crippen molar-refractivity contribution in [1.29, 1.82) is 0 Å². The second-order valence-electron chi connectivity index (χ2n) is 8.03. The number of aliphatic carboxylic acids is 1. The topological polar surface area (TPSA) is 55.1 Å². The summed E-state index contributed by atoms with van der Waals surface area (Å²) in [6, 6.07) is 26.1. The lowest BCUT2D eigenvalue weighted by molar-refractivity contribution is -0.138. The molecule has 1 aromatic heterocycles. The molecule has 4 nitrogen and oxygen atoms in total. The molecule has 0 aliphatic heterocycles. The van der Waals surface area contributed by atoms with Gasteiger partial charge in [0, 0.05) is 13.0 Å². The number of carboxylic acid groups (broad SMARTS) is 1. The van der Waals surface area contributed by atoms with Gasteiger partial charge in [0.15, 0.2) is 0 Å². The molecule has 0 radical (unpaired) electrons. The summed E-state index contributed by atoms with van der Waals surface area (Å²) in [5.41, 5.74) is 5.26. The SMILES string of the molecule is CCCCc1nc2ccccc2n1Cc1ccc(CC(C(=O)O)c2ccccc2)cc1. The standard InChI is InChI=1S/C27H28N2O2/c1-2-3-13-26-28-24-11-7-8-12-25(24)29(26)19-21-16-14-20(15-17-21)18-23(27(30)31)22-9-5-4-6-10-22/h4-12,14-17,23H,2-3,13,18-19H2,1H3,(H,30,31). The van der Waals surface area contributed by atoms with Crippen molar-refractivity contribution in [2.24, 2.45) is 0 Å². The fourth-order valence-electron chi connectivity index (χ4n) is 4.06. The average Bonchev–Trinajstić information content (AvgIpc) is 3.14. The summed E-state index contributed by atoms with van der Waals surface area (Å²) < 4.78 is 2.31. The normalized spacial score (nSPS) is 12.2. The number of aryl methyl sites for hydroxylation is 1. The Bertz CT molecular complexity index is 1150. The van der Waals surface area contributed by atoms with E-state index >= 15 is 0 Å². The van der Waals surface area contributed by atoms with E-state index in [2.05, 4.69) is 54.0 Å². The van der Waals surface area contributed by atoms with Crippen LogP contribution in [-0.2, 0) is 24.2 Å². The van der Waals surface area contributed by atoms with Gasteiger partial charge in [-0.15, -0.1) is 0 Å². The number of hydrogen-bond acceptors (Lipinski definition) is 2. The van der Waals surface area contributed by atoms with Crippen LogP contribution in [0.4, 0.5) is 0 Å². The summed E-state index contributed by atoms with van der Waals surface area (Å²) >= 11 is 0. The van der Waals surface area contributed by atoms with E-state index < -0.39 is 11.9 Å². The maximum absolute atomic E-state index is 11.8. The highest BCUT2D eigenvalue weighted by Crippen LogP contribution is 2.23. The molecule has 0 saturated heterocycles. The van der Waals surface area contributed by atoms with Crippen molar-refractivity contribution < 1.29 is 9.90 Å². The lowest BCUT2D eigenvalue weighted by atomic mass is 9.92. The zero-order valence-electron chi connectivity index (χ0n) is 17.9. The first kappa shape index (κ1) is 20.9. The predicted octanol–water partition coefficient (Wildman–Crippen LogP) is 5.84. The molecule has 4 heteroatoms. The Morgan fingerprint density at radius 3 is 2.32 bits per heavy atom. The van der Waals surface area contributed by atoms with E-state index in [1.807, 2.05) is 36.4 Å². The van der Waals surface area contributed by atoms with Gasteiger partial charge >= 0.3 is 5.97 Å². The smallest absolute Gasteiger partial charge is 0.311 e. The van der Waals surface area contributed by atoms with Crippen LogP contribution in [0.25, 0.3) is 11.0 Å². The molecule has 1 heterocycles. The van der Waals surface area contributed by atoms with Crippen LogP contribution in [0.1, 0.15) is 48.2 Å². The number of carbonyl (C=O) groups is 1. The minimum Gasteiger partial charge on any atom is -0.481 e. The molecule has 1 N–H and O–H groups in total. The van der Waals surface area contributed by atoms with Gasteiger partial charge in [0.05, 0.1) is 17.0 Å². The first-order chi connectivity index (χ1) is 15.2. The van der Waals surface area contributed by atoms with Gasteiger partial charge in [0.25, 0.3) is 0 Å². The molecule has 1 atom stereocenters. The van der Waals surface area contributed by atoms with Crippen molar-refractivity contribution >= 4 is 17.0 Å². The lowest BCUT2D eigenvalue weighted by Crippen LogP contribution is -2.14. The second kappa shape index (κ2) is 9.61. The number of unbranched alkanes of at least 4 members (excludes halogenated alkanes) is 1. The third-order valence-corrected chi connectivity index (χ3v) is 5.79. The van der Waals surface area contributed by atoms with Gasteiger partial charge in [0.1, 0.15) is 5.82 Å². The Hall–Kier alpha value is -3.40. The van der Waals surface area contributed by atoms with Crippen molar-refractivity contribution in [1.82, 2.24) is 9.55 Å². The maximum Gasteiger partial charge on any atom is 0.311 e. The van der Waals surface area contributed by atoms with Crippen LogP contribution >= 0.6 is 0 Å². The molecule has 0 bridgehead atoms. The van der Waals surface area contributed by atoms with Gasteiger partial charge < -0.3 is 9.67 Å². The molecule has 0 saturated carbocycles. The fourth-order valence-corrected chi connectivity index (χ4v) is 4.06. The number of imidazole rings is 1. The highest BCUT2D eigenvalue weighted by molar-refractivity contribution is 5.77. The zero-order chi connectivity index (χ0) is 21.6. The van der Waals surface area contributed by atoms with E-state index in [1.165, 1.54) is 5.56 Å². The van der Waals surface area contributed by atoms with Crippen LogP contribution in [0.5, 0.6) is 0 Å². The van der Waals surface area contributed by atoms with Crippen molar-refractivity contribution in [2.75, 3.05) is 0 Å². The minimum absolute atomic E-state index is 0.482. The Balaban J connectivity index is 1.54. The summed E-state index contributed by atoms with van der Waals surface area (Å²) in [6.45, 7) is 2.96. The number of hydrogen-bond donors (Lipinski definition) is 1. The maximum atomic E-state index is 11.8. The summed E-state index contributed by atoms with van der Waals surface area (Å²) in [5, 5.41) is 9.71. The van der Waals surface area contributed by atoms with Crippen molar-refractivity contribution in [3.8, 4) is 0 Å². The summed E-state index contributed by atoms with van der Waals surface area (Å²) in [6.07, 6.45) is 3.72. The van der Waals surface area contributed by atoms with Gasteiger partial charge in [0.2, 0.25) is 0 Å². The largest absolute Gasteiger partial charge is 0.481 e. The number of aromatic nitrogens is 2. The van der Waals surface area contributed by atoms with Gasteiger partial charge in [-0.05, 0) is 41.7 Å². The molecule has 31 heavy (non-hydrogen) atoms. The molecule has 4 aromatic rings. The van der Waals surface area contributed by atoms with Crippen LogP contribution in [0.15, 0.2) is 78.9 Å². The molecule has 0 aliphatic carbocycles. The molecule has 0 spiro atoms. The van der Waals surface area contributed by atoms with Crippen molar-refractivity contribution in [3.63, 3.8) is 0 Å². The van der Waals surface area contributed by atoms with E-state index in [1.54, 1.807) is 0 Å². The fraction of sp³-hybridized carbons (Fsp3) is 0.259. The highest BCUT2D eigenvalue weighted by atomic mass is 16.4. The van der Waals surface area contributed by atoms with Crippen LogP contribution in [0, 0.1) is 0 Å². The Labute approximate surface area is 183 Å². The van der Waals surface area contributed by atoms with Crippen LogP contribution in [-0.4, -0.2) is 20.6 Å². The van der Waals surface area contributed by atoms with Crippen LogP contribution < -0.4 is 0 Å². The zero-order valence-corrected chi connectivity index (χ0v) is 17.9. The van der Waals surface area contributed by atoms with Gasteiger partial charge in [-0.2, -0.15) is 0 Å². The van der Waals surface area contributed by atoms with Crippen molar-refractivity contribution in [3.05, 3.63) is 101 Å². The summed E-state index contributed by atoms with van der Waals surface area (Å²) in [5.74, 6) is -0.201. The van der Waals surface area contributed by atoms with Gasteiger partial charge in [-0.3, -0.25) is 4.79 Å². The minimum atomic E-state index is -0.791. The third-order valence-electron chi connectivity index (χ3n) is 5.79. The Morgan fingerprint density at radius 1 is 0.935 bits per heavy atom. The van der Waals surface area contributed by atoms with Crippen molar-refractivity contribution in [2.45, 2.75) is 45.1 Å². The van der Waals surface area contributed by atoms with E-state index in [0.29, 0.717) is 6.42 Å². The molecule has 1 unspecified atom stereocenters. The number of rotatable bonds is 9. The first-order valence-corrected chi connectivity index (χ1v) is 11.0. The summed E-state index contributed by atoms with van der Waals surface area (Å²) in [4.78, 5) is 16.7. The molecule has 4 rings (SSSR count).